The van der Waals surface area contributed by atoms with E-state index in [1.54, 1.807) is 14.2 Å². The molecule has 30 heavy (non-hydrogen) atoms. The fraction of sp³-hybridized carbons (Fsp3) is 0.480. The Morgan fingerprint density at radius 3 is 2.47 bits per heavy atom. The van der Waals surface area contributed by atoms with Gasteiger partial charge in [-0.3, -0.25) is 4.79 Å². The number of nitrogens with zero attached hydrogens (tertiary/aromatic N) is 1. The largest absolute Gasteiger partial charge is 0.493 e. The summed E-state index contributed by atoms with van der Waals surface area (Å²) < 4.78 is 16.7. The van der Waals surface area contributed by atoms with Crippen molar-refractivity contribution in [2.45, 2.75) is 31.7 Å². The molecule has 158 valence electrons. The summed E-state index contributed by atoms with van der Waals surface area (Å²) in [5, 5.41) is 0. The van der Waals surface area contributed by atoms with Gasteiger partial charge in [0.1, 0.15) is 0 Å². The molecule has 0 unspecified atom stereocenters. The van der Waals surface area contributed by atoms with Crippen LogP contribution in [-0.2, 0) is 16.0 Å². The molecule has 2 heterocycles. The number of carbonyl (C=O) groups excluding carboxylic acids is 1. The van der Waals surface area contributed by atoms with Crippen molar-refractivity contribution >= 4 is 5.91 Å². The second-order valence-corrected chi connectivity index (χ2v) is 8.73. The zero-order valence-corrected chi connectivity index (χ0v) is 17.7. The van der Waals surface area contributed by atoms with Crippen molar-refractivity contribution in [1.29, 1.82) is 0 Å². The van der Waals surface area contributed by atoms with Gasteiger partial charge < -0.3 is 19.1 Å². The van der Waals surface area contributed by atoms with Gasteiger partial charge in [0.25, 0.3) is 0 Å². The van der Waals surface area contributed by atoms with Gasteiger partial charge >= 0.3 is 0 Å². The Morgan fingerprint density at radius 1 is 1.07 bits per heavy atom. The van der Waals surface area contributed by atoms with Gasteiger partial charge in [0.2, 0.25) is 5.91 Å². The van der Waals surface area contributed by atoms with E-state index in [1.807, 2.05) is 18.2 Å². The highest BCUT2D eigenvalue weighted by Crippen LogP contribution is 2.60. The van der Waals surface area contributed by atoms with Gasteiger partial charge in [0, 0.05) is 25.7 Å². The molecule has 1 saturated heterocycles. The summed E-state index contributed by atoms with van der Waals surface area (Å²) in [4.78, 5) is 15.8. The maximum Gasteiger partial charge on any atom is 0.227 e. The Hall–Kier alpha value is -2.53. The number of amides is 1. The van der Waals surface area contributed by atoms with E-state index < -0.39 is 0 Å². The van der Waals surface area contributed by atoms with E-state index >= 15 is 0 Å². The highest BCUT2D eigenvalue weighted by Gasteiger charge is 2.59. The zero-order valence-electron chi connectivity index (χ0n) is 17.7. The number of carbonyl (C=O) groups is 1. The molecular weight excluding hydrogens is 378 g/mol. The fourth-order valence-electron chi connectivity index (χ4n) is 5.41. The van der Waals surface area contributed by atoms with Gasteiger partial charge in [-0.05, 0) is 59.9 Å². The summed E-state index contributed by atoms with van der Waals surface area (Å²) in [7, 11) is 3.32. The SMILES string of the molecule is COc1cc2c(cc1OC)[C@@H](c1ccccc1)N(C(=O)[C@@H]1CC13CCOCC3)CC2. The minimum Gasteiger partial charge on any atom is -0.493 e. The smallest absolute Gasteiger partial charge is 0.227 e. The lowest BCUT2D eigenvalue weighted by molar-refractivity contribution is -0.136. The van der Waals surface area contributed by atoms with E-state index in [-0.39, 0.29) is 17.4 Å². The van der Waals surface area contributed by atoms with Gasteiger partial charge in [-0.25, -0.2) is 0 Å². The first-order chi connectivity index (χ1) is 14.7. The molecule has 5 rings (SSSR count). The first-order valence-corrected chi connectivity index (χ1v) is 10.8. The number of hydrogen-bond acceptors (Lipinski definition) is 4. The second-order valence-electron chi connectivity index (χ2n) is 8.73. The third-order valence-corrected chi connectivity index (χ3v) is 7.25. The van der Waals surface area contributed by atoms with Crippen LogP contribution in [0.2, 0.25) is 0 Å². The summed E-state index contributed by atoms with van der Waals surface area (Å²) in [6, 6.07) is 14.4. The molecule has 0 radical (unpaired) electrons. The van der Waals surface area contributed by atoms with Crippen LogP contribution in [0.15, 0.2) is 42.5 Å². The van der Waals surface area contributed by atoms with Crippen LogP contribution in [0.3, 0.4) is 0 Å². The van der Waals surface area contributed by atoms with Crippen LogP contribution in [0.4, 0.5) is 0 Å². The fourth-order valence-corrected chi connectivity index (χ4v) is 5.41. The van der Waals surface area contributed by atoms with Crippen molar-refractivity contribution in [3.05, 3.63) is 59.2 Å². The number of methoxy groups -OCH3 is 2. The summed E-state index contributed by atoms with van der Waals surface area (Å²) >= 11 is 0. The van der Waals surface area contributed by atoms with Gasteiger partial charge in [-0.2, -0.15) is 0 Å². The normalized spacial score (nSPS) is 24.3. The molecule has 0 bridgehead atoms. The average Bonchev–Trinajstić information content (AvgIpc) is 3.50. The van der Waals surface area contributed by atoms with Gasteiger partial charge in [-0.1, -0.05) is 30.3 Å². The molecule has 1 aliphatic carbocycles. The lowest BCUT2D eigenvalue weighted by Crippen LogP contribution is -2.42. The highest BCUT2D eigenvalue weighted by molar-refractivity contribution is 5.84. The van der Waals surface area contributed by atoms with E-state index in [0.717, 1.165) is 62.3 Å². The molecule has 0 N–H and O–H groups in total. The predicted molar refractivity (Wildman–Crippen MR) is 114 cm³/mol. The quantitative estimate of drug-likeness (QED) is 0.769. The second kappa shape index (κ2) is 7.62. The standard InChI is InChI=1S/C25H29NO4/c1-28-21-14-18-8-11-26(24(27)20-16-25(20)9-12-30-13-10-25)23(17-6-4-3-5-7-17)19(18)15-22(21)29-2/h3-7,14-15,20,23H,8-13,16H2,1-2H3/t20-,23+/m0/s1. The molecule has 1 saturated carbocycles. The third-order valence-electron chi connectivity index (χ3n) is 7.25. The topological polar surface area (TPSA) is 48.0 Å². The van der Waals surface area contributed by atoms with E-state index in [0.29, 0.717) is 11.7 Å². The molecule has 2 aromatic carbocycles. The molecule has 2 atom stereocenters. The lowest BCUT2D eigenvalue weighted by Gasteiger charge is -2.39. The van der Waals surface area contributed by atoms with Crippen molar-refractivity contribution in [1.82, 2.24) is 4.90 Å². The summed E-state index contributed by atoms with van der Waals surface area (Å²) in [5.74, 6) is 1.88. The van der Waals surface area contributed by atoms with Crippen LogP contribution in [-0.4, -0.2) is 44.8 Å². The number of fused-ring (bicyclic) bond motifs is 1. The third kappa shape index (κ3) is 3.16. The van der Waals surface area contributed by atoms with Crippen LogP contribution < -0.4 is 9.47 Å². The van der Waals surface area contributed by atoms with E-state index in [1.165, 1.54) is 5.56 Å². The number of rotatable bonds is 4. The molecule has 2 aromatic rings. The average molecular weight is 408 g/mol. The molecule has 1 spiro atoms. The molecule has 0 aromatic heterocycles. The minimum absolute atomic E-state index is 0.0975. The van der Waals surface area contributed by atoms with E-state index in [9.17, 15) is 4.79 Å². The van der Waals surface area contributed by atoms with Crippen molar-refractivity contribution in [3.63, 3.8) is 0 Å². The van der Waals surface area contributed by atoms with Crippen molar-refractivity contribution < 1.29 is 19.0 Å². The van der Waals surface area contributed by atoms with E-state index in [2.05, 4.69) is 29.2 Å². The van der Waals surface area contributed by atoms with Crippen LogP contribution >= 0.6 is 0 Å². The molecule has 3 aliphatic rings. The van der Waals surface area contributed by atoms with Crippen LogP contribution in [0, 0.1) is 11.3 Å². The summed E-state index contributed by atoms with van der Waals surface area (Å²) in [6.45, 7) is 2.29. The Kier molecular flexibility index (Phi) is 4.94. The van der Waals surface area contributed by atoms with E-state index in [4.69, 9.17) is 14.2 Å². The number of benzene rings is 2. The molecule has 5 nitrogen and oxygen atoms in total. The Bertz CT molecular complexity index is 936. The molecule has 2 aliphatic heterocycles. The Morgan fingerprint density at radius 2 is 1.77 bits per heavy atom. The number of ether oxygens (including phenoxy) is 3. The molecule has 2 fully saturated rings. The van der Waals surface area contributed by atoms with Crippen LogP contribution in [0.5, 0.6) is 11.5 Å². The van der Waals surface area contributed by atoms with Crippen molar-refractivity contribution in [2.24, 2.45) is 11.3 Å². The highest BCUT2D eigenvalue weighted by atomic mass is 16.5. The monoisotopic (exact) mass is 407 g/mol. The van der Waals surface area contributed by atoms with Gasteiger partial charge in [-0.15, -0.1) is 0 Å². The molecule has 5 heteroatoms. The van der Waals surface area contributed by atoms with Crippen LogP contribution in [0.1, 0.15) is 42.0 Å². The van der Waals surface area contributed by atoms with Crippen LogP contribution in [0.25, 0.3) is 0 Å². The Labute approximate surface area is 177 Å². The van der Waals surface area contributed by atoms with Crippen molar-refractivity contribution in [2.75, 3.05) is 34.0 Å². The molecule has 1 amide bonds. The van der Waals surface area contributed by atoms with Crippen molar-refractivity contribution in [3.8, 4) is 11.5 Å². The van der Waals surface area contributed by atoms with Gasteiger partial charge in [0.15, 0.2) is 11.5 Å². The first kappa shape index (κ1) is 19.4. The maximum absolute atomic E-state index is 13.7. The number of hydrogen-bond donors (Lipinski definition) is 0. The minimum atomic E-state index is -0.0975. The van der Waals surface area contributed by atoms with Gasteiger partial charge in [0.05, 0.1) is 20.3 Å². The lowest BCUT2D eigenvalue weighted by atomic mass is 9.86. The summed E-state index contributed by atoms with van der Waals surface area (Å²) in [6.07, 6.45) is 3.85. The summed E-state index contributed by atoms with van der Waals surface area (Å²) in [5.41, 5.74) is 3.68. The first-order valence-electron chi connectivity index (χ1n) is 10.8. The Balaban J connectivity index is 1.53. The molecular formula is C25H29NO4. The zero-order chi connectivity index (χ0) is 20.7. The predicted octanol–water partition coefficient (Wildman–Crippen LogP) is 3.99. The maximum atomic E-state index is 13.7.